The summed E-state index contributed by atoms with van der Waals surface area (Å²) in [6, 6.07) is 0. The Morgan fingerprint density at radius 1 is 1.80 bits per heavy atom. The van der Waals surface area contributed by atoms with Gasteiger partial charge in [0, 0.05) is 6.42 Å². The molecular weight excluding hydrogens is 71.0 g/mol. The molecular formula is C3H5FO. The zero-order valence-electron chi connectivity index (χ0n) is 2.69. The van der Waals surface area contributed by atoms with Gasteiger partial charge in [-0.15, -0.1) is 0 Å². The minimum Gasteiger partial charge on any atom is -0.390 e. The van der Waals surface area contributed by atoms with Gasteiger partial charge >= 0.3 is 0 Å². The van der Waals surface area contributed by atoms with Crippen molar-refractivity contribution in [2.24, 2.45) is 0 Å². The maximum atomic E-state index is 11.3. The van der Waals surface area contributed by atoms with Crippen LogP contribution < -0.4 is 0 Å². The fraction of sp³-hybridized carbons (Fsp3) is 1.00. The lowest BCUT2D eigenvalue weighted by atomic mass is 10.8. The Morgan fingerprint density at radius 2 is 2.00 bits per heavy atom. The van der Waals surface area contributed by atoms with Gasteiger partial charge in [0.2, 0.25) is 0 Å². The summed E-state index contributed by atoms with van der Waals surface area (Å²) in [7, 11) is 0. The normalized spacial score (nSPS) is 49.2. The van der Waals surface area contributed by atoms with Crippen LogP contribution in [0.4, 0.5) is 4.39 Å². The average molecular weight is 76.1 g/mol. The van der Waals surface area contributed by atoms with Crippen LogP contribution in [0.5, 0.6) is 0 Å². The summed E-state index contributed by atoms with van der Waals surface area (Å²) in [5.41, 5.74) is 0. The lowest BCUT2D eigenvalue weighted by Gasteiger charge is -1.65. The van der Waals surface area contributed by atoms with Crippen molar-refractivity contribution in [1.29, 1.82) is 0 Å². The van der Waals surface area contributed by atoms with Gasteiger partial charge in [-0.2, -0.15) is 0 Å². The van der Waals surface area contributed by atoms with Crippen molar-refractivity contribution < 1.29 is 9.50 Å². The smallest absolute Gasteiger partial charge is 0.129 e. The maximum absolute atomic E-state index is 11.3. The SMILES string of the molecule is OC1C[C@@H]1F. The molecule has 0 aliphatic heterocycles. The molecule has 1 fully saturated rings. The van der Waals surface area contributed by atoms with Crippen LogP contribution in [0.25, 0.3) is 0 Å². The van der Waals surface area contributed by atoms with Gasteiger partial charge in [0.1, 0.15) is 6.17 Å². The molecule has 2 heteroatoms. The van der Waals surface area contributed by atoms with Crippen LogP contribution in [0.1, 0.15) is 6.42 Å². The maximum Gasteiger partial charge on any atom is 0.129 e. The predicted octanol–water partition coefficient (Wildman–Crippen LogP) is 0.0891. The molecule has 2 atom stereocenters. The van der Waals surface area contributed by atoms with Crippen LogP contribution in [0.15, 0.2) is 0 Å². The van der Waals surface area contributed by atoms with E-state index in [2.05, 4.69) is 0 Å². The van der Waals surface area contributed by atoms with E-state index in [1.54, 1.807) is 0 Å². The molecule has 1 rings (SSSR count). The van der Waals surface area contributed by atoms with Gasteiger partial charge in [0.15, 0.2) is 0 Å². The van der Waals surface area contributed by atoms with Gasteiger partial charge in [-0.25, -0.2) is 4.39 Å². The topological polar surface area (TPSA) is 20.2 Å². The molecule has 1 N–H and O–H groups in total. The first-order valence-electron chi connectivity index (χ1n) is 1.63. The highest BCUT2D eigenvalue weighted by atomic mass is 19.1. The molecule has 1 aliphatic carbocycles. The highest BCUT2D eigenvalue weighted by Crippen LogP contribution is 2.23. The fourth-order valence-electron chi connectivity index (χ4n) is 0.152. The third-order valence-electron chi connectivity index (χ3n) is 0.681. The molecule has 0 aromatic carbocycles. The van der Waals surface area contributed by atoms with Crippen molar-refractivity contribution in [3.05, 3.63) is 0 Å². The highest BCUT2D eigenvalue weighted by molar-refractivity contribution is 4.84. The van der Waals surface area contributed by atoms with E-state index in [0.717, 1.165) is 0 Å². The third kappa shape index (κ3) is 0.401. The Balaban J connectivity index is 2.20. The Bertz CT molecular complexity index is 40.2. The van der Waals surface area contributed by atoms with Crippen molar-refractivity contribution >= 4 is 0 Å². The van der Waals surface area contributed by atoms with Gasteiger partial charge in [0.05, 0.1) is 6.10 Å². The molecule has 0 spiro atoms. The second-order valence-electron chi connectivity index (χ2n) is 1.32. The van der Waals surface area contributed by atoms with E-state index in [1.165, 1.54) is 0 Å². The summed E-state index contributed by atoms with van der Waals surface area (Å²) in [5.74, 6) is 0. The molecule has 0 bridgehead atoms. The van der Waals surface area contributed by atoms with Crippen LogP contribution in [0, 0.1) is 0 Å². The van der Waals surface area contributed by atoms with E-state index < -0.39 is 12.3 Å². The number of aliphatic hydroxyl groups is 1. The molecule has 0 radical (unpaired) electrons. The van der Waals surface area contributed by atoms with Gasteiger partial charge in [-0.3, -0.25) is 0 Å². The van der Waals surface area contributed by atoms with Crippen LogP contribution in [-0.2, 0) is 0 Å². The summed E-state index contributed by atoms with van der Waals surface area (Å²) in [4.78, 5) is 0. The Labute approximate surface area is 29.4 Å². The van der Waals surface area contributed by atoms with Crippen LogP contribution in [-0.4, -0.2) is 17.4 Å². The molecule has 1 nitrogen and oxygen atoms in total. The number of hydrogen-bond acceptors (Lipinski definition) is 1. The van der Waals surface area contributed by atoms with Crippen LogP contribution >= 0.6 is 0 Å². The summed E-state index contributed by atoms with van der Waals surface area (Å²) in [6.45, 7) is 0. The third-order valence-corrected chi connectivity index (χ3v) is 0.681. The first-order chi connectivity index (χ1) is 2.30. The van der Waals surface area contributed by atoms with Crippen LogP contribution in [0.3, 0.4) is 0 Å². The second kappa shape index (κ2) is 0.684. The van der Waals surface area contributed by atoms with E-state index >= 15 is 0 Å². The number of rotatable bonds is 0. The fourth-order valence-corrected chi connectivity index (χ4v) is 0.152. The molecule has 5 heavy (non-hydrogen) atoms. The summed E-state index contributed by atoms with van der Waals surface area (Å²) < 4.78 is 11.3. The summed E-state index contributed by atoms with van der Waals surface area (Å²) >= 11 is 0. The average Bonchev–Trinajstić information content (AvgIpc) is 1.79. The van der Waals surface area contributed by atoms with Crippen molar-refractivity contribution in [3.8, 4) is 0 Å². The lowest BCUT2D eigenvalue weighted by Crippen LogP contribution is -1.78. The molecule has 30 valence electrons. The van der Waals surface area contributed by atoms with Crippen molar-refractivity contribution in [3.63, 3.8) is 0 Å². The van der Waals surface area contributed by atoms with Gasteiger partial charge in [0.25, 0.3) is 0 Å². The molecule has 0 saturated heterocycles. The standard InChI is InChI=1S/C3H5FO/c4-2-1-3(2)5/h2-3,5H,1H2/t2-,3?/m0/s1. The van der Waals surface area contributed by atoms with Crippen LogP contribution in [0.2, 0.25) is 0 Å². The van der Waals surface area contributed by atoms with E-state index in [4.69, 9.17) is 5.11 Å². The van der Waals surface area contributed by atoms with Crippen molar-refractivity contribution in [2.75, 3.05) is 0 Å². The quantitative estimate of drug-likeness (QED) is 0.433. The number of aliphatic hydroxyl groups excluding tert-OH is 1. The van der Waals surface area contributed by atoms with E-state index in [1.807, 2.05) is 0 Å². The van der Waals surface area contributed by atoms with E-state index in [-0.39, 0.29) is 0 Å². The summed E-state index contributed by atoms with van der Waals surface area (Å²) in [6.07, 6.45) is -1.15. The highest BCUT2D eigenvalue weighted by Gasteiger charge is 2.34. The molecule has 1 aliphatic rings. The number of halogens is 1. The molecule has 1 saturated carbocycles. The van der Waals surface area contributed by atoms with Crippen molar-refractivity contribution in [1.82, 2.24) is 0 Å². The van der Waals surface area contributed by atoms with Gasteiger partial charge in [-0.1, -0.05) is 0 Å². The van der Waals surface area contributed by atoms with E-state index in [9.17, 15) is 4.39 Å². The Morgan fingerprint density at radius 3 is 2.00 bits per heavy atom. The first kappa shape index (κ1) is 3.09. The number of alkyl halides is 1. The Kier molecular flexibility index (Phi) is 0.424. The zero-order valence-corrected chi connectivity index (χ0v) is 2.69. The monoisotopic (exact) mass is 76.0 g/mol. The minimum absolute atomic E-state index is 0.361. The molecule has 0 aromatic rings. The second-order valence-corrected chi connectivity index (χ2v) is 1.32. The molecule has 1 unspecified atom stereocenters. The molecule has 0 aromatic heterocycles. The summed E-state index contributed by atoms with van der Waals surface area (Å²) in [5, 5.41) is 8.06. The number of hydrogen-bond donors (Lipinski definition) is 1. The Hall–Kier alpha value is -0.110. The largest absolute Gasteiger partial charge is 0.390 e. The first-order valence-corrected chi connectivity index (χ1v) is 1.63. The van der Waals surface area contributed by atoms with E-state index in [0.29, 0.717) is 6.42 Å². The van der Waals surface area contributed by atoms with Gasteiger partial charge < -0.3 is 5.11 Å². The van der Waals surface area contributed by atoms with Gasteiger partial charge in [-0.05, 0) is 0 Å². The predicted molar refractivity (Wildman–Crippen MR) is 15.5 cm³/mol. The molecule has 0 heterocycles. The molecule has 0 amide bonds. The van der Waals surface area contributed by atoms with Crippen molar-refractivity contribution in [2.45, 2.75) is 18.7 Å². The lowest BCUT2D eigenvalue weighted by molar-refractivity contribution is 0.238. The zero-order chi connectivity index (χ0) is 3.86. The minimum atomic E-state index is -0.894.